The third-order valence-electron chi connectivity index (χ3n) is 7.09. The number of imidazole rings is 1. The molecule has 1 aliphatic heterocycles. The molecule has 1 aliphatic rings. The third kappa shape index (κ3) is 5.26. The van der Waals surface area contributed by atoms with E-state index >= 15 is 0 Å². The molecule has 2 N–H and O–H groups in total. The first-order chi connectivity index (χ1) is 18.0. The number of aromatic amines is 1. The number of aryl methyl sites for hydroxylation is 2. The first-order valence-corrected chi connectivity index (χ1v) is 13.1. The molecule has 0 aliphatic carbocycles. The maximum absolute atomic E-state index is 12.0. The second kappa shape index (κ2) is 10.9. The van der Waals surface area contributed by atoms with Gasteiger partial charge in [0, 0.05) is 37.3 Å². The lowest BCUT2D eigenvalue weighted by atomic mass is 9.96. The van der Waals surface area contributed by atoms with Gasteiger partial charge in [0.2, 0.25) is 5.82 Å². The van der Waals surface area contributed by atoms with Crippen LogP contribution in [-0.2, 0) is 13.0 Å². The van der Waals surface area contributed by atoms with Gasteiger partial charge in [0.25, 0.3) is 0 Å². The maximum atomic E-state index is 12.0. The smallest absolute Gasteiger partial charge is 0.354 e. The Balaban J connectivity index is 1.48. The summed E-state index contributed by atoms with van der Waals surface area (Å²) in [7, 11) is 0. The van der Waals surface area contributed by atoms with Crippen molar-refractivity contribution in [2.75, 3.05) is 18.0 Å². The second-order valence-corrected chi connectivity index (χ2v) is 9.67. The zero-order valence-corrected chi connectivity index (χ0v) is 21.4. The van der Waals surface area contributed by atoms with E-state index in [-0.39, 0.29) is 5.69 Å². The Kier molecular flexibility index (Phi) is 7.30. The minimum absolute atomic E-state index is 0.267. The lowest BCUT2D eigenvalue weighted by Crippen LogP contribution is -2.29. The molecular weight excluding hydrogens is 466 g/mol. The predicted octanol–water partition coefficient (Wildman–Crippen LogP) is 5.12. The standard InChI is InChI=1S/C28H33N7O2/c1-3-4-8-25-29-19(2)26(28(36)37)35(25)18-20-9-11-21(12-10-20)24-17-22(34-15-6-5-7-16-34)13-14-23(24)27-30-32-33-31-27/h9-14,17H,3-8,15-16,18H2,1-2H3,(H,36,37)(H,30,31,32,33). The highest BCUT2D eigenvalue weighted by molar-refractivity contribution is 5.87. The van der Waals surface area contributed by atoms with E-state index in [1.54, 1.807) is 6.92 Å². The van der Waals surface area contributed by atoms with Gasteiger partial charge in [0.1, 0.15) is 5.82 Å². The van der Waals surface area contributed by atoms with E-state index in [1.165, 1.54) is 24.9 Å². The van der Waals surface area contributed by atoms with Crippen molar-refractivity contribution in [1.29, 1.82) is 0 Å². The summed E-state index contributed by atoms with van der Waals surface area (Å²) < 4.78 is 1.85. The van der Waals surface area contributed by atoms with Gasteiger partial charge in [-0.3, -0.25) is 0 Å². The highest BCUT2D eigenvalue weighted by Crippen LogP contribution is 2.34. The lowest BCUT2D eigenvalue weighted by Gasteiger charge is -2.29. The van der Waals surface area contributed by atoms with E-state index in [2.05, 4.69) is 79.9 Å². The number of unbranched alkanes of at least 4 members (excludes halogenated alkanes) is 1. The molecule has 0 atom stereocenters. The molecule has 9 nitrogen and oxygen atoms in total. The van der Waals surface area contributed by atoms with E-state index in [0.717, 1.165) is 60.4 Å². The highest BCUT2D eigenvalue weighted by atomic mass is 16.4. The molecule has 0 bridgehead atoms. The van der Waals surface area contributed by atoms with E-state index in [0.29, 0.717) is 18.1 Å². The minimum Gasteiger partial charge on any atom is -0.477 e. The number of piperidine rings is 1. The van der Waals surface area contributed by atoms with Gasteiger partial charge in [-0.25, -0.2) is 9.78 Å². The molecule has 5 rings (SSSR count). The fraction of sp³-hybridized carbons (Fsp3) is 0.393. The first kappa shape index (κ1) is 24.7. The van der Waals surface area contributed by atoms with Gasteiger partial charge >= 0.3 is 5.97 Å². The Bertz CT molecular complexity index is 1350. The topological polar surface area (TPSA) is 113 Å². The third-order valence-corrected chi connectivity index (χ3v) is 7.09. The average molecular weight is 500 g/mol. The Hall–Kier alpha value is -4.01. The summed E-state index contributed by atoms with van der Waals surface area (Å²) in [5.74, 6) is 0.447. The van der Waals surface area contributed by atoms with Crippen LogP contribution >= 0.6 is 0 Å². The normalized spacial score (nSPS) is 13.7. The molecule has 0 amide bonds. The Labute approximate surface area is 216 Å². The SMILES string of the molecule is CCCCc1nc(C)c(C(=O)O)n1Cc1ccc(-c2cc(N3CCCCC3)ccc2-c2nn[nH]n2)cc1. The highest BCUT2D eigenvalue weighted by Gasteiger charge is 2.21. The number of H-pyrrole nitrogens is 1. The molecular formula is C28H33N7O2. The number of carbonyl (C=O) groups is 1. The first-order valence-electron chi connectivity index (χ1n) is 13.1. The van der Waals surface area contributed by atoms with Gasteiger partial charge in [-0.2, -0.15) is 5.21 Å². The van der Waals surface area contributed by atoms with Gasteiger partial charge in [0.15, 0.2) is 5.69 Å². The molecule has 0 saturated carbocycles. The fourth-order valence-corrected chi connectivity index (χ4v) is 5.16. The molecule has 0 unspecified atom stereocenters. The summed E-state index contributed by atoms with van der Waals surface area (Å²) >= 11 is 0. The van der Waals surface area contributed by atoms with Crippen molar-refractivity contribution in [3.05, 3.63) is 65.2 Å². The molecule has 0 radical (unpaired) electrons. The van der Waals surface area contributed by atoms with Crippen molar-refractivity contribution in [1.82, 2.24) is 30.2 Å². The monoisotopic (exact) mass is 499 g/mol. The number of aromatic carboxylic acids is 1. The van der Waals surface area contributed by atoms with Crippen LogP contribution in [0.25, 0.3) is 22.5 Å². The number of nitrogens with one attached hydrogen (secondary N) is 1. The van der Waals surface area contributed by atoms with Crippen LogP contribution in [0, 0.1) is 6.92 Å². The lowest BCUT2D eigenvalue weighted by molar-refractivity contribution is 0.0684. The van der Waals surface area contributed by atoms with Gasteiger partial charge < -0.3 is 14.6 Å². The number of rotatable bonds is 9. The van der Waals surface area contributed by atoms with E-state index in [1.807, 2.05) is 4.57 Å². The summed E-state index contributed by atoms with van der Waals surface area (Å²) in [6.45, 7) is 6.49. The summed E-state index contributed by atoms with van der Waals surface area (Å²) in [6.07, 6.45) is 6.47. The largest absolute Gasteiger partial charge is 0.477 e. The molecule has 4 aromatic rings. The maximum Gasteiger partial charge on any atom is 0.354 e. The van der Waals surface area contributed by atoms with Crippen LogP contribution in [0.2, 0.25) is 0 Å². The zero-order valence-electron chi connectivity index (χ0n) is 21.4. The van der Waals surface area contributed by atoms with E-state index in [4.69, 9.17) is 0 Å². The van der Waals surface area contributed by atoms with Crippen molar-refractivity contribution in [3.63, 3.8) is 0 Å². The molecule has 3 heterocycles. The van der Waals surface area contributed by atoms with Crippen LogP contribution in [0.5, 0.6) is 0 Å². The quantitative estimate of drug-likeness (QED) is 0.329. The zero-order chi connectivity index (χ0) is 25.8. The summed E-state index contributed by atoms with van der Waals surface area (Å²) in [5.41, 5.74) is 6.07. The van der Waals surface area contributed by atoms with Gasteiger partial charge in [-0.15, -0.1) is 10.2 Å². The van der Waals surface area contributed by atoms with E-state index in [9.17, 15) is 9.90 Å². The number of anilines is 1. The van der Waals surface area contributed by atoms with Crippen molar-refractivity contribution in [3.8, 4) is 22.5 Å². The van der Waals surface area contributed by atoms with Crippen LogP contribution in [0.3, 0.4) is 0 Å². The number of nitrogens with zero attached hydrogens (tertiary/aromatic N) is 6. The van der Waals surface area contributed by atoms with Crippen molar-refractivity contribution < 1.29 is 9.90 Å². The fourth-order valence-electron chi connectivity index (χ4n) is 5.16. The van der Waals surface area contributed by atoms with Crippen molar-refractivity contribution in [2.24, 2.45) is 0 Å². The van der Waals surface area contributed by atoms with E-state index < -0.39 is 5.97 Å². The number of carboxylic acids is 1. The van der Waals surface area contributed by atoms with Crippen molar-refractivity contribution in [2.45, 2.75) is 58.9 Å². The average Bonchev–Trinajstić information content (AvgIpc) is 3.56. The summed E-state index contributed by atoms with van der Waals surface area (Å²) in [5, 5.41) is 24.6. The van der Waals surface area contributed by atoms with Gasteiger partial charge in [-0.05, 0) is 72.7 Å². The Morgan fingerprint density at radius 3 is 2.51 bits per heavy atom. The van der Waals surface area contributed by atoms with Gasteiger partial charge in [-0.1, -0.05) is 37.6 Å². The number of carboxylic acid groups (broad SMARTS) is 1. The van der Waals surface area contributed by atoms with Crippen LogP contribution in [0.1, 0.15) is 66.6 Å². The van der Waals surface area contributed by atoms with Crippen molar-refractivity contribution >= 4 is 11.7 Å². The Morgan fingerprint density at radius 1 is 1.05 bits per heavy atom. The van der Waals surface area contributed by atoms with Crippen LogP contribution in [-0.4, -0.2) is 54.3 Å². The number of hydrogen-bond acceptors (Lipinski definition) is 6. The number of tetrazole rings is 1. The molecule has 0 spiro atoms. The summed E-state index contributed by atoms with van der Waals surface area (Å²) in [4.78, 5) is 19.0. The predicted molar refractivity (Wildman–Crippen MR) is 143 cm³/mol. The molecule has 9 heteroatoms. The summed E-state index contributed by atoms with van der Waals surface area (Å²) in [6, 6.07) is 14.7. The number of benzene rings is 2. The number of aromatic nitrogens is 6. The number of hydrogen-bond donors (Lipinski definition) is 2. The molecule has 2 aromatic heterocycles. The van der Waals surface area contributed by atoms with Crippen LogP contribution < -0.4 is 4.90 Å². The minimum atomic E-state index is -0.941. The van der Waals surface area contributed by atoms with Gasteiger partial charge in [0.05, 0.1) is 5.69 Å². The second-order valence-electron chi connectivity index (χ2n) is 9.67. The molecule has 37 heavy (non-hydrogen) atoms. The Morgan fingerprint density at radius 2 is 1.84 bits per heavy atom. The molecule has 1 fully saturated rings. The molecule has 1 saturated heterocycles. The molecule has 2 aromatic carbocycles. The van der Waals surface area contributed by atoms with Crippen LogP contribution in [0.15, 0.2) is 42.5 Å². The van der Waals surface area contributed by atoms with Crippen LogP contribution in [0.4, 0.5) is 5.69 Å². The molecule has 192 valence electrons.